The number of hydrogen-bond acceptors (Lipinski definition) is 1. The number of anilines is 1. The average molecular weight is 172 g/mol. The van der Waals surface area contributed by atoms with Crippen LogP contribution in [0.1, 0.15) is 0 Å². The normalized spacial score (nSPS) is 9.50. The lowest BCUT2D eigenvalue weighted by Crippen LogP contribution is -2.20. The summed E-state index contributed by atoms with van der Waals surface area (Å²) in [6.45, 7) is 0. The number of primary amides is 1. The standard InChI is InChI=1S/C7H6F2N2O/c8-4-2-1-3-5(9)6(4)11-7(10)12/h1-3H,(H3,10,11,12). The van der Waals surface area contributed by atoms with Gasteiger partial charge in [0.2, 0.25) is 0 Å². The van der Waals surface area contributed by atoms with Crippen molar-refractivity contribution in [1.82, 2.24) is 0 Å². The average Bonchev–Trinajstić information content (AvgIpc) is 1.97. The van der Waals surface area contributed by atoms with E-state index in [1.807, 2.05) is 5.32 Å². The minimum atomic E-state index is -1.00. The van der Waals surface area contributed by atoms with Crippen molar-refractivity contribution in [2.24, 2.45) is 5.73 Å². The van der Waals surface area contributed by atoms with Crippen molar-refractivity contribution in [3.8, 4) is 0 Å². The number of hydrogen-bond donors (Lipinski definition) is 2. The number of para-hydroxylation sites is 1. The summed E-state index contributed by atoms with van der Waals surface area (Å²) in [6.07, 6.45) is 0. The molecule has 0 spiro atoms. The number of halogens is 2. The zero-order chi connectivity index (χ0) is 9.14. The van der Waals surface area contributed by atoms with E-state index in [1.165, 1.54) is 6.07 Å². The Balaban J connectivity index is 3.04. The van der Waals surface area contributed by atoms with Crippen molar-refractivity contribution in [1.29, 1.82) is 0 Å². The fourth-order valence-electron chi connectivity index (χ4n) is 0.740. The summed E-state index contributed by atoms with van der Waals surface area (Å²) in [6, 6.07) is 2.23. The van der Waals surface area contributed by atoms with Gasteiger partial charge in [-0.1, -0.05) is 6.07 Å². The Kier molecular flexibility index (Phi) is 2.23. The molecule has 1 aromatic carbocycles. The van der Waals surface area contributed by atoms with Crippen LogP contribution in [0.25, 0.3) is 0 Å². The van der Waals surface area contributed by atoms with Crippen LogP contribution in [0.5, 0.6) is 0 Å². The Morgan fingerprint density at radius 1 is 1.33 bits per heavy atom. The summed E-state index contributed by atoms with van der Waals surface area (Å²) in [7, 11) is 0. The lowest BCUT2D eigenvalue weighted by molar-refractivity contribution is 0.259. The topological polar surface area (TPSA) is 55.1 Å². The summed E-state index contributed by atoms with van der Waals surface area (Å²) in [5.74, 6) is -1.71. The lowest BCUT2D eigenvalue weighted by Gasteiger charge is -2.03. The van der Waals surface area contributed by atoms with Gasteiger partial charge in [0.25, 0.3) is 0 Å². The van der Waals surface area contributed by atoms with Crippen LogP contribution in [0.3, 0.4) is 0 Å². The molecular weight excluding hydrogens is 166 g/mol. The minimum Gasteiger partial charge on any atom is -0.351 e. The van der Waals surface area contributed by atoms with Crippen molar-refractivity contribution in [2.75, 3.05) is 5.32 Å². The van der Waals surface area contributed by atoms with Crippen LogP contribution >= 0.6 is 0 Å². The quantitative estimate of drug-likeness (QED) is 0.661. The van der Waals surface area contributed by atoms with Gasteiger partial charge in [0.05, 0.1) is 0 Å². The molecule has 0 saturated carbocycles. The van der Waals surface area contributed by atoms with Gasteiger partial charge in [0.1, 0.15) is 17.3 Å². The first-order chi connectivity index (χ1) is 5.61. The second-order valence-electron chi connectivity index (χ2n) is 2.09. The fourth-order valence-corrected chi connectivity index (χ4v) is 0.740. The molecule has 0 aromatic heterocycles. The highest BCUT2D eigenvalue weighted by Gasteiger charge is 2.08. The number of urea groups is 1. The Morgan fingerprint density at radius 2 is 1.83 bits per heavy atom. The third-order valence-electron chi connectivity index (χ3n) is 1.21. The maximum Gasteiger partial charge on any atom is 0.316 e. The van der Waals surface area contributed by atoms with Crippen molar-refractivity contribution in [2.45, 2.75) is 0 Å². The van der Waals surface area contributed by atoms with Gasteiger partial charge in [-0.05, 0) is 12.1 Å². The molecule has 1 aromatic rings. The molecule has 0 radical (unpaired) electrons. The van der Waals surface area contributed by atoms with E-state index in [2.05, 4.69) is 5.73 Å². The molecule has 0 aliphatic rings. The molecule has 2 amide bonds. The Bertz CT molecular complexity index is 294. The third kappa shape index (κ3) is 1.69. The highest BCUT2D eigenvalue weighted by atomic mass is 19.1. The van der Waals surface area contributed by atoms with E-state index in [-0.39, 0.29) is 0 Å². The maximum absolute atomic E-state index is 12.7. The van der Waals surface area contributed by atoms with Crippen molar-refractivity contribution < 1.29 is 13.6 Å². The minimum absolute atomic E-state index is 0.523. The summed E-state index contributed by atoms with van der Waals surface area (Å²) < 4.78 is 25.4. The summed E-state index contributed by atoms with van der Waals surface area (Å²) in [5, 5.41) is 1.83. The van der Waals surface area contributed by atoms with Crippen LogP contribution in [-0.2, 0) is 0 Å². The molecule has 0 heterocycles. The summed E-state index contributed by atoms with van der Waals surface area (Å²) in [4.78, 5) is 10.3. The van der Waals surface area contributed by atoms with Crippen LogP contribution in [0, 0.1) is 11.6 Å². The molecule has 5 heteroatoms. The van der Waals surface area contributed by atoms with E-state index in [1.54, 1.807) is 0 Å². The fraction of sp³-hybridized carbons (Fsp3) is 0. The number of nitrogens with two attached hydrogens (primary N) is 1. The zero-order valence-corrected chi connectivity index (χ0v) is 5.97. The van der Waals surface area contributed by atoms with Crippen LogP contribution in [-0.4, -0.2) is 6.03 Å². The van der Waals surface area contributed by atoms with Crippen molar-refractivity contribution in [3.05, 3.63) is 29.8 Å². The summed E-state index contributed by atoms with van der Waals surface area (Å²) >= 11 is 0. The largest absolute Gasteiger partial charge is 0.351 e. The summed E-state index contributed by atoms with van der Waals surface area (Å²) in [5.41, 5.74) is 4.16. The number of rotatable bonds is 1. The van der Waals surface area contributed by atoms with Gasteiger partial charge in [-0.2, -0.15) is 0 Å². The van der Waals surface area contributed by atoms with Crippen molar-refractivity contribution in [3.63, 3.8) is 0 Å². The molecule has 0 fully saturated rings. The maximum atomic E-state index is 12.7. The first-order valence-electron chi connectivity index (χ1n) is 3.11. The first kappa shape index (κ1) is 8.45. The second kappa shape index (κ2) is 3.17. The highest BCUT2D eigenvalue weighted by molar-refractivity contribution is 5.88. The second-order valence-corrected chi connectivity index (χ2v) is 2.09. The van der Waals surface area contributed by atoms with Crippen molar-refractivity contribution >= 4 is 11.7 Å². The molecule has 0 atom stereocenters. The van der Waals surface area contributed by atoms with Gasteiger partial charge < -0.3 is 11.1 Å². The molecule has 0 bridgehead atoms. The number of amides is 2. The van der Waals surface area contributed by atoms with Crippen LogP contribution in [0.2, 0.25) is 0 Å². The van der Waals surface area contributed by atoms with Gasteiger partial charge in [0, 0.05) is 0 Å². The van der Waals surface area contributed by atoms with E-state index in [0.29, 0.717) is 0 Å². The SMILES string of the molecule is NC(=O)Nc1c(F)cccc1F. The van der Waals surface area contributed by atoms with Gasteiger partial charge >= 0.3 is 6.03 Å². The van der Waals surface area contributed by atoms with Gasteiger partial charge in [-0.15, -0.1) is 0 Å². The van der Waals surface area contributed by atoms with Crippen LogP contribution in [0.15, 0.2) is 18.2 Å². The Morgan fingerprint density at radius 3 is 2.25 bits per heavy atom. The number of carbonyl (C=O) groups excluding carboxylic acids is 1. The Hall–Kier alpha value is -1.65. The molecule has 3 nitrogen and oxygen atoms in total. The molecule has 12 heavy (non-hydrogen) atoms. The lowest BCUT2D eigenvalue weighted by atomic mass is 10.3. The van der Waals surface area contributed by atoms with E-state index in [0.717, 1.165) is 12.1 Å². The number of nitrogens with one attached hydrogen (secondary N) is 1. The van der Waals surface area contributed by atoms with Gasteiger partial charge in [-0.25, -0.2) is 13.6 Å². The predicted octanol–water partition coefficient (Wildman–Crippen LogP) is 1.46. The molecule has 0 aliphatic heterocycles. The monoisotopic (exact) mass is 172 g/mol. The number of benzene rings is 1. The van der Waals surface area contributed by atoms with Gasteiger partial charge in [0.15, 0.2) is 0 Å². The third-order valence-corrected chi connectivity index (χ3v) is 1.21. The first-order valence-corrected chi connectivity index (χ1v) is 3.11. The molecule has 64 valence electrons. The molecule has 1 rings (SSSR count). The van der Waals surface area contributed by atoms with E-state index in [4.69, 9.17) is 0 Å². The predicted molar refractivity (Wildman–Crippen MR) is 39.6 cm³/mol. The van der Waals surface area contributed by atoms with E-state index in [9.17, 15) is 13.6 Å². The Labute approximate surface area is 67.2 Å². The molecular formula is C7H6F2N2O. The van der Waals surface area contributed by atoms with E-state index < -0.39 is 23.4 Å². The van der Waals surface area contributed by atoms with Crippen LogP contribution in [0.4, 0.5) is 19.3 Å². The van der Waals surface area contributed by atoms with Gasteiger partial charge in [-0.3, -0.25) is 0 Å². The molecule has 0 aliphatic carbocycles. The van der Waals surface area contributed by atoms with Crippen LogP contribution < -0.4 is 11.1 Å². The molecule has 0 unspecified atom stereocenters. The smallest absolute Gasteiger partial charge is 0.316 e. The zero-order valence-electron chi connectivity index (χ0n) is 5.97. The molecule has 0 saturated heterocycles. The van der Waals surface area contributed by atoms with E-state index >= 15 is 0 Å². The number of carbonyl (C=O) groups is 1. The molecule has 3 N–H and O–H groups in total. The highest BCUT2D eigenvalue weighted by Crippen LogP contribution is 2.17.